The number of aliphatic hydroxyl groups excluding tert-OH is 1. The molecule has 0 saturated carbocycles. The minimum Gasteiger partial charge on any atom is -0.461 e. The van der Waals surface area contributed by atoms with Gasteiger partial charge in [0.25, 0.3) is 0 Å². The summed E-state index contributed by atoms with van der Waals surface area (Å²) in [6, 6.07) is 12.3. The van der Waals surface area contributed by atoms with E-state index in [0.29, 0.717) is 22.7 Å². The van der Waals surface area contributed by atoms with Crippen LogP contribution in [0.4, 0.5) is 5.69 Å². The van der Waals surface area contributed by atoms with Crippen molar-refractivity contribution in [3.8, 4) is 0 Å². The molecule has 172 valence electrons. The monoisotopic (exact) mass is 469 g/mol. The summed E-state index contributed by atoms with van der Waals surface area (Å²) in [6.07, 6.45) is 0.437. The van der Waals surface area contributed by atoms with Crippen molar-refractivity contribution < 1.29 is 9.52 Å². The number of benzene rings is 2. The number of rotatable bonds is 6. The van der Waals surface area contributed by atoms with Gasteiger partial charge in [-0.05, 0) is 56.2 Å². The number of furan rings is 1. The second-order valence-corrected chi connectivity index (χ2v) is 8.03. The quantitative estimate of drug-likeness (QED) is 0.419. The Labute approximate surface area is 193 Å². The summed E-state index contributed by atoms with van der Waals surface area (Å²) in [4.78, 5) is 30.4. The maximum Gasteiger partial charge on any atom is 0.353 e. The molecule has 0 bridgehead atoms. The highest BCUT2D eigenvalue weighted by Crippen LogP contribution is 2.29. The van der Waals surface area contributed by atoms with E-state index in [1.54, 1.807) is 49.4 Å². The molecular formula is C23H24ClN5O4. The fraction of sp³-hybridized carbons (Fsp3) is 0.261. The van der Waals surface area contributed by atoms with Crippen LogP contribution in [0.3, 0.4) is 0 Å². The molecule has 2 aromatic heterocycles. The summed E-state index contributed by atoms with van der Waals surface area (Å²) in [5.41, 5.74) is 1.66. The lowest BCUT2D eigenvalue weighted by Gasteiger charge is -2.13. The molecule has 4 rings (SSSR count). The lowest BCUT2D eigenvalue weighted by Crippen LogP contribution is -2.57. The van der Waals surface area contributed by atoms with Crippen molar-refractivity contribution in [1.29, 1.82) is 0 Å². The zero-order valence-electron chi connectivity index (χ0n) is 18.3. The normalized spacial score (nSPS) is 12.1. The van der Waals surface area contributed by atoms with Crippen LogP contribution in [0.2, 0.25) is 5.02 Å². The van der Waals surface area contributed by atoms with Crippen LogP contribution in [0.1, 0.15) is 23.8 Å². The summed E-state index contributed by atoms with van der Waals surface area (Å²) >= 11 is 5.98. The zero-order valence-corrected chi connectivity index (χ0v) is 19.0. The molecule has 0 aliphatic carbocycles. The molecule has 9 nitrogen and oxygen atoms in total. The number of hydrogen-bond acceptors (Lipinski definition) is 6. The Kier molecular flexibility index (Phi) is 6.26. The number of nitrogens with zero attached hydrogens (tertiary/aromatic N) is 4. The van der Waals surface area contributed by atoms with Gasteiger partial charge in [-0.15, -0.1) is 0 Å². The van der Waals surface area contributed by atoms with Crippen LogP contribution in [0.25, 0.3) is 11.0 Å². The van der Waals surface area contributed by atoms with Gasteiger partial charge in [-0.2, -0.15) is 4.68 Å². The van der Waals surface area contributed by atoms with Crippen LogP contribution in [-0.2, 0) is 19.5 Å². The molecule has 0 amide bonds. The summed E-state index contributed by atoms with van der Waals surface area (Å²) < 4.78 is 9.04. The molecule has 2 heterocycles. The highest BCUT2D eigenvalue weighted by Gasteiger charge is 2.14. The number of nitrogen functional groups attached to an aromatic ring is 1. The Bertz CT molecular complexity index is 1510. The van der Waals surface area contributed by atoms with E-state index in [1.807, 2.05) is 6.92 Å². The maximum atomic E-state index is 13.1. The fourth-order valence-corrected chi connectivity index (χ4v) is 3.95. The first-order chi connectivity index (χ1) is 15.8. The maximum absolute atomic E-state index is 13.1. The molecular weight excluding hydrogens is 446 g/mol. The van der Waals surface area contributed by atoms with Crippen molar-refractivity contribution in [2.24, 2.45) is 4.99 Å². The summed E-state index contributed by atoms with van der Waals surface area (Å²) in [5.74, 6) is 6.82. The van der Waals surface area contributed by atoms with Gasteiger partial charge < -0.3 is 15.4 Å². The third kappa shape index (κ3) is 4.24. The first-order valence-electron chi connectivity index (χ1n) is 10.5. The van der Waals surface area contributed by atoms with Gasteiger partial charge in [-0.25, -0.2) is 19.1 Å². The van der Waals surface area contributed by atoms with E-state index in [4.69, 9.17) is 21.9 Å². The van der Waals surface area contributed by atoms with Crippen molar-refractivity contribution in [2.75, 3.05) is 12.4 Å². The first-order valence-corrected chi connectivity index (χ1v) is 10.9. The van der Waals surface area contributed by atoms with Gasteiger partial charge in [0.1, 0.15) is 11.3 Å². The minimum absolute atomic E-state index is 0.00734. The second kappa shape index (κ2) is 9.13. The van der Waals surface area contributed by atoms with Crippen LogP contribution in [0.15, 0.2) is 61.5 Å². The molecule has 0 unspecified atom stereocenters. The Morgan fingerprint density at radius 1 is 1.09 bits per heavy atom. The van der Waals surface area contributed by atoms with E-state index in [1.165, 1.54) is 4.57 Å². The van der Waals surface area contributed by atoms with E-state index >= 15 is 0 Å². The van der Waals surface area contributed by atoms with Gasteiger partial charge in [0.2, 0.25) is 5.62 Å². The van der Waals surface area contributed by atoms with Gasteiger partial charge >= 0.3 is 11.4 Å². The van der Waals surface area contributed by atoms with Crippen LogP contribution >= 0.6 is 11.6 Å². The average Bonchev–Trinajstić information content (AvgIpc) is 3.11. The first kappa shape index (κ1) is 22.6. The number of hydrogen-bond donors (Lipinski definition) is 2. The highest BCUT2D eigenvalue weighted by atomic mass is 35.5. The Morgan fingerprint density at radius 2 is 1.82 bits per heavy atom. The number of aryl methyl sites for hydroxylation is 1. The lowest BCUT2D eigenvalue weighted by atomic mass is 10.1. The third-order valence-corrected chi connectivity index (χ3v) is 5.75. The Morgan fingerprint density at radius 3 is 2.48 bits per heavy atom. The second-order valence-electron chi connectivity index (χ2n) is 7.59. The molecule has 0 aliphatic rings. The van der Waals surface area contributed by atoms with Crippen LogP contribution in [0.5, 0.6) is 0 Å². The third-order valence-electron chi connectivity index (χ3n) is 5.49. The molecule has 0 radical (unpaired) electrons. The minimum atomic E-state index is -0.658. The van der Waals surface area contributed by atoms with Gasteiger partial charge in [0.15, 0.2) is 0 Å². The molecule has 0 saturated heterocycles. The van der Waals surface area contributed by atoms with Crippen molar-refractivity contribution in [3.63, 3.8) is 0 Å². The smallest absolute Gasteiger partial charge is 0.353 e. The molecule has 0 atom stereocenters. The predicted octanol–water partition coefficient (Wildman–Crippen LogP) is 2.07. The molecule has 0 spiro atoms. The summed E-state index contributed by atoms with van der Waals surface area (Å²) in [6.45, 7) is 3.83. The van der Waals surface area contributed by atoms with Crippen molar-refractivity contribution >= 4 is 28.3 Å². The van der Waals surface area contributed by atoms with E-state index < -0.39 is 11.4 Å². The van der Waals surface area contributed by atoms with Gasteiger partial charge in [-0.3, -0.25) is 4.57 Å². The van der Waals surface area contributed by atoms with E-state index in [0.717, 1.165) is 31.5 Å². The number of halogens is 1. The van der Waals surface area contributed by atoms with Gasteiger partial charge in [0.05, 0.1) is 12.2 Å². The number of fused-ring (bicyclic) bond motifs is 1. The largest absolute Gasteiger partial charge is 0.461 e. The summed E-state index contributed by atoms with van der Waals surface area (Å²) in [7, 11) is 0. The summed E-state index contributed by atoms with van der Waals surface area (Å²) in [5, 5.41) is 10.8. The molecule has 10 heteroatoms. The predicted molar refractivity (Wildman–Crippen MR) is 126 cm³/mol. The topological polar surface area (TPSA) is 121 Å². The molecule has 4 aromatic rings. The van der Waals surface area contributed by atoms with Gasteiger partial charge in [0, 0.05) is 29.1 Å². The molecule has 0 aliphatic heterocycles. The van der Waals surface area contributed by atoms with Crippen molar-refractivity contribution in [1.82, 2.24) is 13.8 Å². The number of nitrogens with two attached hydrogens (primary N) is 1. The molecule has 33 heavy (non-hydrogen) atoms. The molecule has 2 aromatic carbocycles. The Hall–Kier alpha value is -3.56. The van der Waals surface area contributed by atoms with Crippen LogP contribution in [0, 0.1) is 6.92 Å². The van der Waals surface area contributed by atoms with Crippen LogP contribution in [-0.4, -0.2) is 25.5 Å². The molecule has 3 N–H and O–H groups in total. The SMILES string of the molecule is CCn1c(=O)n(N)c(=Nc2ccc3oc(C)c(CCO)c3c2)n(Cc2ccc(Cl)cc2)c1=O. The van der Waals surface area contributed by atoms with E-state index in [-0.39, 0.29) is 25.3 Å². The fourth-order valence-electron chi connectivity index (χ4n) is 3.82. The van der Waals surface area contributed by atoms with E-state index in [2.05, 4.69) is 4.99 Å². The molecule has 0 fully saturated rings. The standard InChI is InChI=1S/C23H24ClN5O4/c1-3-27-22(31)28(13-15-4-6-16(24)7-5-15)21(29(25)23(27)32)26-17-8-9-20-19(12-17)18(10-11-30)14(2)33-20/h4-9,12,30H,3,10-11,13,25H2,1-2H3. The lowest BCUT2D eigenvalue weighted by molar-refractivity contribution is 0.299. The number of aromatic nitrogens is 3. The van der Waals surface area contributed by atoms with Crippen molar-refractivity contribution in [3.05, 3.63) is 91.0 Å². The van der Waals surface area contributed by atoms with Gasteiger partial charge in [-0.1, -0.05) is 23.7 Å². The highest BCUT2D eigenvalue weighted by molar-refractivity contribution is 6.30. The average molecular weight is 470 g/mol. The Balaban J connectivity index is 1.96. The van der Waals surface area contributed by atoms with Crippen LogP contribution < -0.4 is 22.8 Å². The van der Waals surface area contributed by atoms with E-state index in [9.17, 15) is 14.7 Å². The van der Waals surface area contributed by atoms with Crippen molar-refractivity contribution in [2.45, 2.75) is 33.4 Å². The zero-order chi connectivity index (χ0) is 23.7. The number of aliphatic hydroxyl groups is 1.